The van der Waals surface area contributed by atoms with Crippen LogP contribution in [0, 0.1) is 0 Å². The topological polar surface area (TPSA) is 84.2 Å². The summed E-state index contributed by atoms with van der Waals surface area (Å²) in [6.45, 7) is 0.263. The van der Waals surface area contributed by atoms with Gasteiger partial charge in [-0.2, -0.15) is 0 Å². The van der Waals surface area contributed by atoms with E-state index in [4.69, 9.17) is 5.14 Å². The first-order chi connectivity index (χ1) is 7.45. The maximum atomic E-state index is 11.7. The molecule has 0 spiro atoms. The van der Waals surface area contributed by atoms with Crippen molar-refractivity contribution in [3.63, 3.8) is 0 Å². The van der Waals surface area contributed by atoms with Crippen LogP contribution in [0.3, 0.4) is 0 Å². The summed E-state index contributed by atoms with van der Waals surface area (Å²) < 4.78 is 11.7. The molecule has 1 aromatic carbocycles. The molecular weight excluding hydrogens is 226 g/mol. The molecule has 0 aliphatic carbocycles. The van der Waals surface area contributed by atoms with E-state index in [2.05, 4.69) is 16.5 Å². The zero-order valence-corrected chi connectivity index (χ0v) is 9.84. The van der Waals surface area contributed by atoms with Crippen molar-refractivity contribution >= 4 is 21.6 Å². The van der Waals surface area contributed by atoms with Crippen LogP contribution >= 0.6 is 0 Å². The molecule has 1 rings (SSSR count). The highest BCUT2D eigenvalue weighted by molar-refractivity contribution is 7.98. The van der Waals surface area contributed by atoms with E-state index in [9.17, 15) is 9.00 Å². The third-order valence-electron chi connectivity index (χ3n) is 2.01. The highest BCUT2D eigenvalue weighted by atomic mass is 32.2. The molecule has 0 heterocycles. The summed E-state index contributed by atoms with van der Waals surface area (Å²) in [4.78, 5) is 11.5. The lowest BCUT2D eigenvalue weighted by atomic mass is 10.2. The van der Waals surface area contributed by atoms with Crippen molar-refractivity contribution in [1.82, 2.24) is 10.6 Å². The monoisotopic (exact) mass is 241 g/mol. The Bertz CT molecular complexity index is 483. The summed E-state index contributed by atoms with van der Waals surface area (Å²) in [5.74, 6) is 3.43. The first-order valence-corrected chi connectivity index (χ1v) is 6.42. The molecule has 1 atom stereocenters. The average Bonchev–Trinajstić information content (AvgIpc) is 2.25. The second kappa shape index (κ2) is 5.00. The van der Waals surface area contributed by atoms with E-state index in [-0.39, 0.29) is 12.6 Å². The van der Waals surface area contributed by atoms with Gasteiger partial charge in [-0.25, -0.2) is 9.00 Å². The number of hydrogen-bond acceptors (Lipinski definition) is 2. The van der Waals surface area contributed by atoms with Crippen molar-refractivity contribution in [1.29, 1.82) is 0 Å². The van der Waals surface area contributed by atoms with Gasteiger partial charge in [-0.1, -0.05) is 18.2 Å². The minimum Gasteiger partial charge on any atom is -0.341 e. The highest BCUT2D eigenvalue weighted by Crippen LogP contribution is 2.13. The number of nitrogens with two attached hydrogens (primary N) is 1. The number of urea groups is 1. The first-order valence-electron chi connectivity index (χ1n) is 4.63. The third kappa shape index (κ3) is 3.25. The molecule has 88 valence electrons. The van der Waals surface area contributed by atoms with Crippen molar-refractivity contribution in [2.24, 2.45) is 5.14 Å². The van der Waals surface area contributed by atoms with Gasteiger partial charge < -0.3 is 10.6 Å². The summed E-state index contributed by atoms with van der Waals surface area (Å²) >= 11 is 0. The van der Waals surface area contributed by atoms with Crippen molar-refractivity contribution < 1.29 is 9.00 Å². The van der Waals surface area contributed by atoms with Crippen LogP contribution < -0.4 is 15.8 Å². The molecular formula is C10H15N3O2S. The van der Waals surface area contributed by atoms with Crippen LogP contribution in [0.4, 0.5) is 4.79 Å². The number of amides is 2. The number of rotatable bonds is 3. The van der Waals surface area contributed by atoms with Crippen LogP contribution in [-0.2, 0) is 16.3 Å². The maximum absolute atomic E-state index is 11.7. The third-order valence-corrected chi connectivity index (χ3v) is 3.15. The van der Waals surface area contributed by atoms with Gasteiger partial charge in [0.25, 0.3) is 0 Å². The van der Waals surface area contributed by atoms with E-state index in [1.807, 2.05) is 0 Å². The fourth-order valence-corrected chi connectivity index (χ4v) is 2.14. The largest absolute Gasteiger partial charge is 0.341 e. The lowest BCUT2D eigenvalue weighted by Crippen LogP contribution is -2.32. The van der Waals surface area contributed by atoms with Gasteiger partial charge in [0, 0.05) is 18.5 Å². The van der Waals surface area contributed by atoms with Gasteiger partial charge in [-0.15, -0.1) is 0 Å². The van der Waals surface area contributed by atoms with E-state index in [1.165, 1.54) is 7.05 Å². The molecule has 0 radical (unpaired) electrons. The van der Waals surface area contributed by atoms with Gasteiger partial charge in [-0.3, -0.25) is 5.14 Å². The maximum Gasteiger partial charge on any atom is 0.314 e. The molecule has 5 nitrogen and oxygen atoms in total. The highest BCUT2D eigenvalue weighted by Gasteiger charge is 2.08. The average molecular weight is 241 g/mol. The molecule has 0 aliphatic heterocycles. The normalized spacial score (nSPS) is 13.9. The van der Waals surface area contributed by atoms with Gasteiger partial charge in [0.1, 0.15) is 0 Å². The Balaban J connectivity index is 2.93. The van der Waals surface area contributed by atoms with E-state index >= 15 is 0 Å². The first kappa shape index (κ1) is 12.5. The summed E-state index contributed by atoms with van der Waals surface area (Å²) in [7, 11) is -1.24. The summed E-state index contributed by atoms with van der Waals surface area (Å²) in [6.07, 6.45) is 0. The van der Waals surface area contributed by atoms with Crippen LogP contribution in [0.25, 0.3) is 0 Å². The van der Waals surface area contributed by atoms with Gasteiger partial charge >= 0.3 is 6.03 Å². The van der Waals surface area contributed by atoms with Crippen LogP contribution in [0.1, 0.15) is 5.56 Å². The molecule has 4 N–H and O–H groups in total. The summed E-state index contributed by atoms with van der Waals surface area (Å²) in [5.41, 5.74) is 0.702. The van der Waals surface area contributed by atoms with Crippen molar-refractivity contribution in [2.75, 3.05) is 7.05 Å². The zero-order valence-electron chi connectivity index (χ0n) is 9.03. The van der Waals surface area contributed by atoms with E-state index in [0.29, 0.717) is 10.5 Å². The lowest BCUT2D eigenvalue weighted by Gasteiger charge is -2.11. The smallest absolute Gasteiger partial charge is 0.314 e. The van der Waals surface area contributed by atoms with Crippen LogP contribution in [0.5, 0.6) is 0 Å². The van der Waals surface area contributed by atoms with E-state index in [1.54, 1.807) is 24.3 Å². The second-order valence-electron chi connectivity index (χ2n) is 3.27. The number of carbonyl (C=O) groups is 1. The fraction of sp³-hybridized carbons (Fsp3) is 0.200. The summed E-state index contributed by atoms with van der Waals surface area (Å²) in [5, 5.41) is 10.5. The van der Waals surface area contributed by atoms with Crippen LogP contribution in [0.2, 0.25) is 0 Å². The Labute approximate surface area is 95.2 Å². The molecule has 6 heteroatoms. The minimum atomic E-state index is -2.76. The zero-order chi connectivity index (χ0) is 12.2. The molecule has 0 fully saturated rings. The Kier molecular flexibility index (Phi) is 3.92. The number of benzene rings is 1. The van der Waals surface area contributed by atoms with Gasteiger partial charge in [0.05, 0.1) is 9.71 Å². The Morgan fingerprint density at radius 3 is 2.69 bits per heavy atom. The van der Waals surface area contributed by atoms with Gasteiger partial charge in [0.15, 0.2) is 0 Å². The predicted molar refractivity (Wildman–Crippen MR) is 65.5 cm³/mol. The molecule has 0 aromatic heterocycles. The Morgan fingerprint density at radius 2 is 2.12 bits per heavy atom. The molecule has 1 unspecified atom stereocenters. The molecule has 0 bridgehead atoms. The molecule has 0 saturated carbocycles. The van der Waals surface area contributed by atoms with Crippen molar-refractivity contribution in [3.8, 4) is 0 Å². The quantitative estimate of drug-likeness (QED) is 0.654. The lowest BCUT2D eigenvalue weighted by molar-refractivity contribution is 0.242. The minimum absolute atomic E-state index is 0.263. The molecule has 2 amide bonds. The van der Waals surface area contributed by atoms with Crippen molar-refractivity contribution in [2.45, 2.75) is 11.4 Å². The molecule has 16 heavy (non-hydrogen) atoms. The van der Waals surface area contributed by atoms with Crippen LogP contribution in [-0.4, -0.2) is 23.2 Å². The SMILES string of the molecule is C=S(N)(=O)c1ccccc1CNC(=O)NC. The van der Waals surface area contributed by atoms with E-state index < -0.39 is 9.71 Å². The number of carbonyl (C=O) groups excluding carboxylic acids is 1. The molecule has 0 saturated heterocycles. The standard InChI is InChI=1S/C10H15N3O2S/c1-12-10(14)13-7-8-5-3-4-6-9(8)16(2,11)15/h3-6H,2,7H2,1H3,(H2,11,15)(H2,12,13,14). The Morgan fingerprint density at radius 1 is 1.50 bits per heavy atom. The van der Waals surface area contributed by atoms with Gasteiger partial charge in [0.2, 0.25) is 0 Å². The number of nitrogens with one attached hydrogen (secondary N) is 2. The second-order valence-corrected chi connectivity index (χ2v) is 5.16. The van der Waals surface area contributed by atoms with Crippen LogP contribution in [0.15, 0.2) is 29.2 Å². The van der Waals surface area contributed by atoms with Crippen molar-refractivity contribution in [3.05, 3.63) is 29.8 Å². The Hall–Kier alpha value is -1.53. The number of hydrogen-bond donors (Lipinski definition) is 3. The molecule has 1 aromatic rings. The van der Waals surface area contributed by atoms with E-state index in [0.717, 1.165) is 0 Å². The molecule has 0 aliphatic rings. The summed E-state index contributed by atoms with van der Waals surface area (Å²) in [6, 6.07) is 6.62. The predicted octanol–water partition coefficient (Wildman–Crippen LogP) is 0.0646. The van der Waals surface area contributed by atoms with Gasteiger partial charge in [-0.05, 0) is 17.5 Å². The fourth-order valence-electron chi connectivity index (χ4n) is 1.25.